The molecule has 0 spiro atoms. The number of carbonyl (C=O) groups excluding carboxylic acids is 1. The maximum absolute atomic E-state index is 12.4. The van der Waals surface area contributed by atoms with Crippen LogP contribution in [0.25, 0.3) is 0 Å². The summed E-state index contributed by atoms with van der Waals surface area (Å²) in [6.07, 6.45) is 1.37. The van der Waals surface area contributed by atoms with Gasteiger partial charge in [-0.1, -0.05) is 97.4 Å². The Balaban J connectivity index is 1.72. The Morgan fingerprint density at radius 3 is 2.19 bits per heavy atom. The van der Waals surface area contributed by atoms with Crippen LogP contribution in [0.3, 0.4) is 0 Å². The Kier molecular flexibility index (Phi) is 11.0. The monoisotopic (exact) mass is 560 g/mol. The summed E-state index contributed by atoms with van der Waals surface area (Å²) in [6.45, 7) is 10.1. The van der Waals surface area contributed by atoms with Gasteiger partial charge in [-0.15, -0.1) is 0 Å². The van der Waals surface area contributed by atoms with Gasteiger partial charge >= 0.3 is 5.97 Å². The quantitative estimate of drug-likeness (QED) is 0.217. The smallest absolute Gasteiger partial charge is 0.325 e. The number of ether oxygens (including phenoxy) is 4. The first-order chi connectivity index (χ1) is 17.2. The van der Waals surface area contributed by atoms with E-state index in [-0.39, 0.29) is 36.1 Å². The third-order valence-corrected chi connectivity index (χ3v) is 8.16. The molecule has 5 nitrogen and oxygen atoms in total. The zero-order valence-corrected chi connectivity index (χ0v) is 23.8. The van der Waals surface area contributed by atoms with Gasteiger partial charge in [0.15, 0.2) is 0 Å². The maximum atomic E-state index is 12.4. The topological polar surface area (TPSA) is 54.0 Å². The Morgan fingerprint density at radius 2 is 1.61 bits per heavy atom. The molecule has 0 bridgehead atoms. The average Bonchev–Trinajstić information content (AvgIpc) is 2.89. The Morgan fingerprint density at radius 1 is 1.03 bits per heavy atom. The highest BCUT2D eigenvalue weighted by Crippen LogP contribution is 2.40. The van der Waals surface area contributed by atoms with Gasteiger partial charge in [0, 0.05) is 11.8 Å². The molecule has 1 aliphatic heterocycles. The van der Waals surface area contributed by atoms with Crippen LogP contribution in [0.2, 0.25) is 0 Å². The van der Waals surface area contributed by atoms with Crippen LogP contribution < -0.4 is 0 Å². The van der Waals surface area contributed by atoms with Gasteiger partial charge in [0.25, 0.3) is 0 Å². The van der Waals surface area contributed by atoms with E-state index in [9.17, 15) is 4.79 Å². The zero-order chi connectivity index (χ0) is 26.1. The van der Waals surface area contributed by atoms with Crippen LogP contribution in [0, 0.1) is 17.8 Å². The molecular weight excluding hydrogens is 520 g/mol. The van der Waals surface area contributed by atoms with Crippen LogP contribution in [0.5, 0.6) is 0 Å². The molecule has 1 unspecified atom stereocenters. The number of halogens is 1. The number of hydrogen-bond donors (Lipinski definition) is 0. The molecule has 1 aliphatic rings. The van der Waals surface area contributed by atoms with E-state index >= 15 is 0 Å². The van der Waals surface area contributed by atoms with Crippen LogP contribution in [-0.2, 0) is 37.0 Å². The summed E-state index contributed by atoms with van der Waals surface area (Å²) >= 11 is 3.60. The molecule has 1 heterocycles. The maximum Gasteiger partial charge on any atom is 0.325 e. The van der Waals surface area contributed by atoms with E-state index in [1.165, 1.54) is 7.11 Å². The number of alkyl halides is 1. The van der Waals surface area contributed by atoms with Crippen molar-refractivity contribution in [3.05, 3.63) is 71.8 Å². The molecule has 0 aliphatic carbocycles. The molecule has 1 saturated heterocycles. The minimum Gasteiger partial charge on any atom is -0.468 e. The third kappa shape index (κ3) is 7.64. The van der Waals surface area contributed by atoms with Gasteiger partial charge in [-0.25, -0.2) is 0 Å². The second kappa shape index (κ2) is 13.7. The number of carbonyl (C=O) groups is 1. The van der Waals surface area contributed by atoms with Gasteiger partial charge in [0.1, 0.15) is 4.32 Å². The molecule has 2 aromatic rings. The first kappa shape index (κ1) is 28.8. The fourth-order valence-corrected chi connectivity index (χ4v) is 5.66. The van der Waals surface area contributed by atoms with Gasteiger partial charge in [-0.3, -0.25) is 4.79 Å². The van der Waals surface area contributed by atoms with E-state index in [0.29, 0.717) is 25.7 Å². The molecule has 0 aromatic heterocycles. The van der Waals surface area contributed by atoms with Gasteiger partial charge in [0.2, 0.25) is 0 Å². The van der Waals surface area contributed by atoms with Gasteiger partial charge in [-0.2, -0.15) is 0 Å². The lowest BCUT2D eigenvalue weighted by Crippen LogP contribution is -2.52. The molecule has 0 saturated carbocycles. The molecule has 3 rings (SSSR count). The summed E-state index contributed by atoms with van der Waals surface area (Å²) in [5.74, 6) is 0.285. The van der Waals surface area contributed by atoms with E-state index in [4.69, 9.17) is 18.9 Å². The molecule has 7 atom stereocenters. The molecule has 0 amide bonds. The van der Waals surface area contributed by atoms with Crippen LogP contribution in [0.15, 0.2) is 60.7 Å². The summed E-state index contributed by atoms with van der Waals surface area (Å²) in [4.78, 5) is 12.4. The van der Waals surface area contributed by atoms with Gasteiger partial charge < -0.3 is 18.9 Å². The summed E-state index contributed by atoms with van der Waals surface area (Å²) in [5.41, 5.74) is 2.30. The number of benzene rings is 2. The highest BCUT2D eigenvalue weighted by molar-refractivity contribution is 9.10. The number of rotatable bonds is 12. The predicted molar refractivity (Wildman–Crippen MR) is 146 cm³/mol. The van der Waals surface area contributed by atoms with E-state index in [0.717, 1.165) is 24.0 Å². The van der Waals surface area contributed by atoms with E-state index < -0.39 is 4.32 Å². The van der Waals surface area contributed by atoms with Crippen LogP contribution in [0.4, 0.5) is 0 Å². The van der Waals surface area contributed by atoms with E-state index in [2.05, 4.69) is 61.0 Å². The molecule has 1 fully saturated rings. The summed E-state index contributed by atoms with van der Waals surface area (Å²) in [5, 5.41) is 0. The van der Waals surface area contributed by atoms with Gasteiger partial charge in [-0.05, 0) is 36.8 Å². The highest BCUT2D eigenvalue weighted by Gasteiger charge is 2.47. The van der Waals surface area contributed by atoms with Crippen molar-refractivity contribution < 1.29 is 23.7 Å². The molecule has 0 N–H and O–H groups in total. The molecule has 198 valence electrons. The fraction of sp³-hybridized carbons (Fsp3) is 0.567. The molecule has 36 heavy (non-hydrogen) atoms. The van der Waals surface area contributed by atoms with Crippen molar-refractivity contribution in [2.75, 3.05) is 13.7 Å². The van der Waals surface area contributed by atoms with Crippen LogP contribution >= 0.6 is 15.9 Å². The summed E-state index contributed by atoms with van der Waals surface area (Å²) in [6, 6.07) is 20.5. The predicted octanol–water partition coefficient (Wildman–Crippen LogP) is 6.57. The largest absolute Gasteiger partial charge is 0.468 e. The fourth-order valence-electron chi connectivity index (χ4n) is 5.16. The lowest BCUT2D eigenvalue weighted by Gasteiger charge is -2.45. The summed E-state index contributed by atoms with van der Waals surface area (Å²) < 4.78 is 23.5. The second-order valence-corrected chi connectivity index (χ2v) is 12.0. The molecular formula is C30H41BrO5. The second-order valence-electron chi connectivity index (χ2n) is 10.3. The normalized spacial score (nSPS) is 24.3. The minimum atomic E-state index is -0.884. The van der Waals surface area contributed by atoms with Crippen molar-refractivity contribution >= 4 is 21.9 Å². The lowest BCUT2D eigenvalue weighted by atomic mass is 9.79. The standard InChI is InChI=1S/C30H41BrO5/c1-21-16-17-26(30(4,31)29(32)33-5)36-28(21)23(3)27(35-20-25-14-10-7-11-15-25)22(2)18-34-19-24-12-8-6-9-13-24/h6-15,21-23,26-28H,16-20H2,1-5H3/t21-,22-,23-,26-,27-,28-,30?/m0/s1. The molecule has 6 heteroatoms. The van der Waals surface area contributed by atoms with Crippen molar-refractivity contribution in [1.82, 2.24) is 0 Å². The lowest BCUT2D eigenvalue weighted by molar-refractivity contribution is -0.169. The van der Waals surface area contributed by atoms with Crippen molar-refractivity contribution in [3.63, 3.8) is 0 Å². The summed E-state index contributed by atoms with van der Waals surface area (Å²) in [7, 11) is 1.41. The van der Waals surface area contributed by atoms with Crippen LogP contribution in [-0.4, -0.2) is 42.3 Å². The zero-order valence-electron chi connectivity index (χ0n) is 22.2. The van der Waals surface area contributed by atoms with Crippen molar-refractivity contribution in [2.24, 2.45) is 17.8 Å². The minimum absolute atomic E-state index is 0.0531. The highest BCUT2D eigenvalue weighted by atomic mass is 79.9. The molecule has 2 aromatic carbocycles. The Hall–Kier alpha value is -1.73. The van der Waals surface area contributed by atoms with Gasteiger partial charge in [0.05, 0.1) is 45.2 Å². The van der Waals surface area contributed by atoms with E-state index in [1.54, 1.807) is 0 Å². The average molecular weight is 562 g/mol. The number of esters is 1. The Labute approximate surface area is 225 Å². The SMILES string of the molecule is COC(=O)C(C)(Br)[C@@H]1CC[C@H](C)[C@@H]([C@@H](C)[C@@H](OCc2ccccc2)[C@@H](C)COCc2ccccc2)O1. The number of methoxy groups -OCH3 is 1. The third-order valence-electron chi connectivity index (χ3n) is 7.33. The number of hydrogen-bond acceptors (Lipinski definition) is 5. The van der Waals surface area contributed by atoms with Crippen molar-refractivity contribution in [3.8, 4) is 0 Å². The molecule has 0 radical (unpaired) electrons. The van der Waals surface area contributed by atoms with Crippen molar-refractivity contribution in [1.29, 1.82) is 0 Å². The first-order valence-electron chi connectivity index (χ1n) is 12.9. The van der Waals surface area contributed by atoms with Crippen LogP contribution in [0.1, 0.15) is 51.7 Å². The Bertz CT molecular complexity index is 919. The van der Waals surface area contributed by atoms with Crippen molar-refractivity contribution in [2.45, 2.75) is 76.4 Å². The van der Waals surface area contributed by atoms with E-state index in [1.807, 2.05) is 43.3 Å². The first-order valence-corrected chi connectivity index (χ1v) is 13.7.